The first-order valence-electron chi connectivity index (χ1n) is 2.97. The molecule has 0 aliphatic carbocycles. The van der Waals surface area contributed by atoms with E-state index in [2.05, 4.69) is 4.98 Å². The predicted octanol–water partition coefficient (Wildman–Crippen LogP) is 1.11. The number of aromatic nitrogens is 1. The molecule has 0 saturated carbocycles. The minimum atomic E-state index is 0.0306. The summed E-state index contributed by atoms with van der Waals surface area (Å²) >= 11 is 0. The minimum absolute atomic E-state index is 0.0306. The standard InChI is InChI=1S/C7H9NO2/c1-4-6(9)3-8-5(2)7(4)10/h3,9-10H,1-2H3. The summed E-state index contributed by atoms with van der Waals surface area (Å²) in [5, 5.41) is 18.2. The molecule has 2 N–H and O–H groups in total. The maximum atomic E-state index is 9.16. The molecule has 0 radical (unpaired) electrons. The van der Waals surface area contributed by atoms with Gasteiger partial charge in [0.1, 0.15) is 11.5 Å². The van der Waals surface area contributed by atoms with Crippen LogP contribution in [0, 0.1) is 13.8 Å². The molecule has 0 unspecified atom stereocenters. The number of rotatable bonds is 0. The van der Waals surface area contributed by atoms with Crippen LogP contribution >= 0.6 is 0 Å². The topological polar surface area (TPSA) is 53.4 Å². The van der Waals surface area contributed by atoms with E-state index in [-0.39, 0.29) is 11.5 Å². The SMILES string of the molecule is Cc1ncc(O)c(C)c1O. The summed E-state index contributed by atoms with van der Waals surface area (Å²) in [7, 11) is 0. The molecule has 3 nitrogen and oxygen atoms in total. The third kappa shape index (κ3) is 0.900. The van der Waals surface area contributed by atoms with Crippen molar-refractivity contribution in [2.75, 3.05) is 0 Å². The Morgan fingerprint density at radius 3 is 2.40 bits per heavy atom. The van der Waals surface area contributed by atoms with E-state index >= 15 is 0 Å². The van der Waals surface area contributed by atoms with Crippen molar-refractivity contribution in [1.82, 2.24) is 4.98 Å². The number of aryl methyl sites for hydroxylation is 1. The molecule has 0 bridgehead atoms. The summed E-state index contributed by atoms with van der Waals surface area (Å²) in [5.41, 5.74) is 1.02. The van der Waals surface area contributed by atoms with Gasteiger partial charge < -0.3 is 10.2 Å². The summed E-state index contributed by atoms with van der Waals surface area (Å²) in [5.74, 6) is 0.100. The van der Waals surface area contributed by atoms with E-state index in [0.717, 1.165) is 0 Å². The molecule has 0 aliphatic heterocycles. The second-order valence-electron chi connectivity index (χ2n) is 2.20. The third-order valence-corrected chi connectivity index (χ3v) is 1.46. The van der Waals surface area contributed by atoms with Gasteiger partial charge in [0.15, 0.2) is 0 Å². The van der Waals surface area contributed by atoms with Crippen molar-refractivity contribution >= 4 is 0 Å². The molecule has 1 heterocycles. The molecule has 1 rings (SSSR count). The molecule has 0 spiro atoms. The van der Waals surface area contributed by atoms with Gasteiger partial charge in [0.2, 0.25) is 0 Å². The summed E-state index contributed by atoms with van der Waals surface area (Å²) in [4.78, 5) is 3.74. The molecule has 54 valence electrons. The van der Waals surface area contributed by atoms with Gasteiger partial charge in [-0.2, -0.15) is 0 Å². The van der Waals surface area contributed by atoms with Crippen LogP contribution in [0.4, 0.5) is 0 Å². The molecule has 1 aromatic rings. The Kier molecular flexibility index (Phi) is 1.49. The lowest BCUT2D eigenvalue weighted by molar-refractivity contribution is 0.435. The van der Waals surface area contributed by atoms with Gasteiger partial charge in [-0.1, -0.05) is 0 Å². The lowest BCUT2D eigenvalue weighted by Crippen LogP contribution is -1.84. The molecule has 1 aromatic heterocycles. The monoisotopic (exact) mass is 139 g/mol. The van der Waals surface area contributed by atoms with Gasteiger partial charge >= 0.3 is 0 Å². The van der Waals surface area contributed by atoms with Crippen LogP contribution < -0.4 is 0 Å². The molecule has 10 heavy (non-hydrogen) atoms. The summed E-state index contributed by atoms with van der Waals surface area (Å²) < 4.78 is 0. The average molecular weight is 139 g/mol. The zero-order chi connectivity index (χ0) is 7.72. The number of nitrogens with zero attached hydrogens (tertiary/aromatic N) is 1. The van der Waals surface area contributed by atoms with Crippen molar-refractivity contribution < 1.29 is 10.2 Å². The lowest BCUT2D eigenvalue weighted by Gasteiger charge is -2.02. The first-order valence-corrected chi connectivity index (χ1v) is 2.97. The van der Waals surface area contributed by atoms with Gasteiger partial charge in [0.05, 0.1) is 11.9 Å². The lowest BCUT2D eigenvalue weighted by atomic mass is 10.2. The minimum Gasteiger partial charge on any atom is -0.506 e. The quantitative estimate of drug-likeness (QED) is 0.566. The maximum Gasteiger partial charge on any atom is 0.143 e. The highest BCUT2D eigenvalue weighted by atomic mass is 16.3. The van der Waals surface area contributed by atoms with E-state index in [4.69, 9.17) is 10.2 Å². The van der Waals surface area contributed by atoms with E-state index in [0.29, 0.717) is 11.3 Å². The first-order chi connectivity index (χ1) is 4.63. The van der Waals surface area contributed by atoms with Crippen LogP contribution in [0.3, 0.4) is 0 Å². The smallest absolute Gasteiger partial charge is 0.143 e. The predicted molar refractivity (Wildman–Crippen MR) is 37.0 cm³/mol. The molecule has 0 aliphatic rings. The van der Waals surface area contributed by atoms with E-state index < -0.39 is 0 Å². The van der Waals surface area contributed by atoms with E-state index in [1.807, 2.05) is 0 Å². The Morgan fingerprint density at radius 1 is 1.30 bits per heavy atom. The van der Waals surface area contributed by atoms with Gasteiger partial charge in [0, 0.05) is 5.56 Å². The zero-order valence-corrected chi connectivity index (χ0v) is 5.92. The van der Waals surface area contributed by atoms with Crippen molar-refractivity contribution in [3.8, 4) is 11.5 Å². The Labute approximate surface area is 59.0 Å². The number of hydrogen-bond donors (Lipinski definition) is 2. The second-order valence-corrected chi connectivity index (χ2v) is 2.20. The highest BCUT2D eigenvalue weighted by molar-refractivity contribution is 5.42. The Hall–Kier alpha value is -1.25. The Balaban J connectivity index is 3.34. The second kappa shape index (κ2) is 2.17. The molecule has 0 atom stereocenters. The summed E-state index contributed by atoms with van der Waals surface area (Å²) in [6.07, 6.45) is 1.32. The van der Waals surface area contributed by atoms with Gasteiger partial charge in [-0.05, 0) is 13.8 Å². The Bertz CT molecular complexity index is 231. The fourth-order valence-electron chi connectivity index (χ4n) is 0.709. The van der Waals surface area contributed by atoms with Gasteiger partial charge in [0.25, 0.3) is 0 Å². The van der Waals surface area contributed by atoms with Crippen molar-refractivity contribution in [1.29, 1.82) is 0 Å². The average Bonchev–Trinajstić information content (AvgIpc) is 1.93. The maximum absolute atomic E-state index is 9.16. The van der Waals surface area contributed by atoms with Crippen LogP contribution in [0.15, 0.2) is 6.20 Å². The van der Waals surface area contributed by atoms with Crippen molar-refractivity contribution in [2.24, 2.45) is 0 Å². The van der Waals surface area contributed by atoms with Crippen LogP contribution in [0.1, 0.15) is 11.3 Å². The highest BCUT2D eigenvalue weighted by Crippen LogP contribution is 2.26. The highest BCUT2D eigenvalue weighted by Gasteiger charge is 2.04. The normalized spacial score (nSPS) is 9.80. The van der Waals surface area contributed by atoms with E-state index in [1.165, 1.54) is 6.20 Å². The number of aromatic hydroxyl groups is 2. The summed E-state index contributed by atoms with van der Waals surface area (Å²) in [6.45, 7) is 3.32. The molecule has 0 aromatic carbocycles. The molecular weight excluding hydrogens is 130 g/mol. The van der Waals surface area contributed by atoms with Crippen LogP contribution in [0.5, 0.6) is 11.5 Å². The van der Waals surface area contributed by atoms with Crippen LogP contribution in [0.2, 0.25) is 0 Å². The first kappa shape index (κ1) is 6.86. The van der Waals surface area contributed by atoms with Crippen LogP contribution in [0.25, 0.3) is 0 Å². The van der Waals surface area contributed by atoms with Gasteiger partial charge in [-0.15, -0.1) is 0 Å². The number of hydrogen-bond acceptors (Lipinski definition) is 3. The summed E-state index contributed by atoms with van der Waals surface area (Å²) in [6, 6.07) is 0. The van der Waals surface area contributed by atoms with Gasteiger partial charge in [-0.25, -0.2) is 0 Å². The van der Waals surface area contributed by atoms with Crippen LogP contribution in [-0.2, 0) is 0 Å². The third-order valence-electron chi connectivity index (χ3n) is 1.46. The molecule has 0 amide bonds. The van der Waals surface area contributed by atoms with Crippen molar-refractivity contribution in [3.63, 3.8) is 0 Å². The zero-order valence-electron chi connectivity index (χ0n) is 5.92. The van der Waals surface area contributed by atoms with E-state index in [1.54, 1.807) is 13.8 Å². The molecule has 0 saturated heterocycles. The van der Waals surface area contributed by atoms with Crippen LogP contribution in [-0.4, -0.2) is 15.2 Å². The number of pyridine rings is 1. The van der Waals surface area contributed by atoms with Gasteiger partial charge in [-0.3, -0.25) is 4.98 Å². The fraction of sp³-hybridized carbons (Fsp3) is 0.286. The van der Waals surface area contributed by atoms with Crippen molar-refractivity contribution in [2.45, 2.75) is 13.8 Å². The Morgan fingerprint density at radius 2 is 1.90 bits per heavy atom. The largest absolute Gasteiger partial charge is 0.506 e. The van der Waals surface area contributed by atoms with E-state index in [9.17, 15) is 0 Å². The molecular formula is C7H9NO2. The fourth-order valence-corrected chi connectivity index (χ4v) is 0.709. The molecule has 0 fully saturated rings. The van der Waals surface area contributed by atoms with Crippen molar-refractivity contribution in [3.05, 3.63) is 17.5 Å². The molecule has 3 heteroatoms.